The molecule has 0 unspecified atom stereocenters. The van der Waals surface area contributed by atoms with E-state index in [1.807, 2.05) is 41.8 Å². The number of aryl methyl sites for hydroxylation is 1. The first kappa shape index (κ1) is 19.1. The molecule has 0 spiro atoms. The average Bonchev–Trinajstić information content (AvgIpc) is 3.11. The Morgan fingerprint density at radius 3 is 3.00 bits per heavy atom. The smallest absolute Gasteiger partial charge is 0.223 e. The molecule has 2 heterocycles. The van der Waals surface area contributed by atoms with E-state index in [9.17, 15) is 9.90 Å². The molecule has 134 valence electrons. The SMILES string of the molecule is CCCCSCCN1C(=O)CC[C@@H]1/C=C/[C@@H](O)Cc1ccc(C)o1. The van der Waals surface area contributed by atoms with E-state index in [1.54, 1.807) is 6.08 Å². The van der Waals surface area contributed by atoms with Gasteiger partial charge >= 0.3 is 0 Å². The van der Waals surface area contributed by atoms with Crippen molar-refractivity contribution in [2.75, 3.05) is 18.1 Å². The van der Waals surface area contributed by atoms with Crippen molar-refractivity contribution < 1.29 is 14.3 Å². The van der Waals surface area contributed by atoms with Crippen molar-refractivity contribution in [3.05, 3.63) is 35.8 Å². The molecule has 5 heteroatoms. The number of unbranched alkanes of at least 4 members (excludes halogenated alkanes) is 1. The number of aliphatic hydroxyl groups excluding tert-OH is 1. The lowest BCUT2D eigenvalue weighted by Gasteiger charge is -2.22. The molecule has 0 aromatic carbocycles. The van der Waals surface area contributed by atoms with Gasteiger partial charge in [-0.25, -0.2) is 0 Å². The third-order valence-electron chi connectivity index (χ3n) is 4.26. The van der Waals surface area contributed by atoms with Gasteiger partial charge < -0.3 is 14.4 Å². The van der Waals surface area contributed by atoms with Crippen molar-refractivity contribution in [1.29, 1.82) is 0 Å². The van der Waals surface area contributed by atoms with Gasteiger partial charge in [-0.15, -0.1) is 0 Å². The molecule has 0 saturated carbocycles. The molecule has 1 fully saturated rings. The highest BCUT2D eigenvalue weighted by Gasteiger charge is 2.28. The van der Waals surface area contributed by atoms with Crippen molar-refractivity contribution in [2.45, 2.75) is 58.1 Å². The van der Waals surface area contributed by atoms with E-state index in [2.05, 4.69) is 6.92 Å². The molecule has 2 atom stereocenters. The van der Waals surface area contributed by atoms with Gasteiger partial charge in [-0.1, -0.05) is 25.5 Å². The van der Waals surface area contributed by atoms with Crippen molar-refractivity contribution >= 4 is 17.7 Å². The summed E-state index contributed by atoms with van der Waals surface area (Å²) in [5, 5.41) is 10.1. The molecule has 1 aliphatic rings. The molecular weight excluding hydrogens is 322 g/mol. The molecule has 1 aliphatic heterocycles. The van der Waals surface area contributed by atoms with Crippen LogP contribution in [0.5, 0.6) is 0 Å². The van der Waals surface area contributed by atoms with Gasteiger partial charge in [0, 0.05) is 25.1 Å². The number of furan rings is 1. The highest BCUT2D eigenvalue weighted by atomic mass is 32.2. The zero-order valence-electron chi connectivity index (χ0n) is 14.7. The van der Waals surface area contributed by atoms with Gasteiger partial charge in [0.15, 0.2) is 0 Å². The van der Waals surface area contributed by atoms with E-state index in [0.29, 0.717) is 12.8 Å². The van der Waals surface area contributed by atoms with Crippen LogP contribution in [0.1, 0.15) is 44.1 Å². The van der Waals surface area contributed by atoms with Gasteiger partial charge in [0.1, 0.15) is 11.5 Å². The van der Waals surface area contributed by atoms with Crippen LogP contribution >= 0.6 is 11.8 Å². The quantitative estimate of drug-likeness (QED) is 0.517. The minimum Gasteiger partial charge on any atom is -0.466 e. The maximum Gasteiger partial charge on any atom is 0.223 e. The number of amides is 1. The lowest BCUT2D eigenvalue weighted by Crippen LogP contribution is -2.34. The third kappa shape index (κ3) is 6.02. The van der Waals surface area contributed by atoms with E-state index < -0.39 is 6.10 Å². The Balaban J connectivity index is 1.79. The van der Waals surface area contributed by atoms with Crippen LogP contribution < -0.4 is 0 Å². The zero-order chi connectivity index (χ0) is 17.4. The molecule has 0 radical (unpaired) electrons. The Labute approximate surface area is 149 Å². The first-order valence-corrected chi connectivity index (χ1v) is 10.0. The van der Waals surface area contributed by atoms with Gasteiger partial charge in [-0.05, 0) is 37.7 Å². The largest absolute Gasteiger partial charge is 0.466 e. The van der Waals surface area contributed by atoms with Crippen molar-refractivity contribution in [1.82, 2.24) is 4.90 Å². The summed E-state index contributed by atoms with van der Waals surface area (Å²) in [4.78, 5) is 14.0. The van der Waals surface area contributed by atoms with Crippen molar-refractivity contribution in [2.24, 2.45) is 0 Å². The van der Waals surface area contributed by atoms with Gasteiger partial charge in [0.05, 0.1) is 12.1 Å². The average molecular weight is 352 g/mol. The van der Waals surface area contributed by atoms with Crippen LogP contribution in [0.2, 0.25) is 0 Å². The zero-order valence-corrected chi connectivity index (χ0v) is 15.6. The molecule has 1 amide bonds. The fourth-order valence-electron chi connectivity index (χ4n) is 2.88. The molecule has 24 heavy (non-hydrogen) atoms. The van der Waals surface area contributed by atoms with E-state index in [-0.39, 0.29) is 11.9 Å². The van der Waals surface area contributed by atoms with Crippen LogP contribution in [0.15, 0.2) is 28.7 Å². The molecule has 1 aromatic heterocycles. The number of aliphatic hydroxyl groups is 1. The predicted octanol–water partition coefficient (Wildman–Crippen LogP) is 3.57. The maximum absolute atomic E-state index is 12.0. The lowest BCUT2D eigenvalue weighted by atomic mass is 10.1. The topological polar surface area (TPSA) is 53.7 Å². The van der Waals surface area contributed by atoms with Gasteiger partial charge in [-0.2, -0.15) is 11.8 Å². The summed E-state index contributed by atoms with van der Waals surface area (Å²) in [5.41, 5.74) is 0. The van der Waals surface area contributed by atoms with E-state index in [4.69, 9.17) is 4.42 Å². The number of nitrogens with zero attached hydrogens (tertiary/aromatic N) is 1. The second kappa shape index (κ2) is 9.94. The summed E-state index contributed by atoms with van der Waals surface area (Å²) in [6, 6.07) is 3.92. The molecular formula is C19H29NO3S. The number of hydrogen-bond donors (Lipinski definition) is 1. The van der Waals surface area contributed by atoms with Crippen LogP contribution in [0, 0.1) is 6.92 Å². The van der Waals surface area contributed by atoms with Gasteiger partial charge in [0.25, 0.3) is 0 Å². The Morgan fingerprint density at radius 1 is 1.46 bits per heavy atom. The predicted molar refractivity (Wildman–Crippen MR) is 99.3 cm³/mol. The number of rotatable bonds is 10. The second-order valence-corrected chi connectivity index (χ2v) is 7.55. The molecule has 0 bridgehead atoms. The monoisotopic (exact) mass is 351 g/mol. The lowest BCUT2D eigenvalue weighted by molar-refractivity contribution is -0.128. The molecule has 1 aromatic rings. The fraction of sp³-hybridized carbons (Fsp3) is 0.632. The summed E-state index contributed by atoms with van der Waals surface area (Å²) in [6.45, 7) is 4.89. The molecule has 2 rings (SSSR count). The normalized spacial score (nSPS) is 19.5. The molecule has 4 nitrogen and oxygen atoms in total. The number of hydrogen-bond acceptors (Lipinski definition) is 4. The van der Waals surface area contributed by atoms with E-state index >= 15 is 0 Å². The highest BCUT2D eigenvalue weighted by Crippen LogP contribution is 2.21. The Hall–Kier alpha value is -1.20. The summed E-state index contributed by atoms with van der Waals surface area (Å²) in [5.74, 6) is 4.03. The van der Waals surface area contributed by atoms with Crippen LogP contribution in [0.3, 0.4) is 0 Å². The number of carbonyl (C=O) groups is 1. The van der Waals surface area contributed by atoms with Crippen LogP contribution in [0.4, 0.5) is 0 Å². The van der Waals surface area contributed by atoms with Crippen molar-refractivity contribution in [3.63, 3.8) is 0 Å². The van der Waals surface area contributed by atoms with Gasteiger partial charge in [0.2, 0.25) is 5.91 Å². The molecule has 1 N–H and O–H groups in total. The maximum atomic E-state index is 12.0. The Morgan fingerprint density at radius 2 is 2.29 bits per heavy atom. The van der Waals surface area contributed by atoms with E-state index in [1.165, 1.54) is 18.6 Å². The summed E-state index contributed by atoms with van der Waals surface area (Å²) in [7, 11) is 0. The Bertz CT molecular complexity index is 540. The minimum absolute atomic E-state index is 0.122. The summed E-state index contributed by atoms with van der Waals surface area (Å²) in [6.07, 6.45) is 7.60. The summed E-state index contributed by atoms with van der Waals surface area (Å²) < 4.78 is 5.49. The van der Waals surface area contributed by atoms with Crippen LogP contribution in [-0.2, 0) is 11.2 Å². The number of likely N-dealkylation sites (tertiary alicyclic amines) is 1. The minimum atomic E-state index is -0.577. The second-order valence-electron chi connectivity index (χ2n) is 6.33. The van der Waals surface area contributed by atoms with Crippen molar-refractivity contribution in [3.8, 4) is 0 Å². The number of carbonyl (C=O) groups excluding carboxylic acids is 1. The molecule has 0 aliphatic carbocycles. The fourth-order valence-corrected chi connectivity index (χ4v) is 3.91. The number of thioether (sulfide) groups is 1. The Kier molecular flexibility index (Phi) is 7.92. The summed E-state index contributed by atoms with van der Waals surface area (Å²) >= 11 is 1.92. The first-order valence-electron chi connectivity index (χ1n) is 8.89. The van der Waals surface area contributed by atoms with Gasteiger partial charge in [-0.3, -0.25) is 4.79 Å². The third-order valence-corrected chi connectivity index (χ3v) is 5.30. The highest BCUT2D eigenvalue weighted by molar-refractivity contribution is 7.99. The first-order chi connectivity index (χ1) is 11.6. The van der Waals surface area contributed by atoms with Crippen LogP contribution in [0.25, 0.3) is 0 Å². The van der Waals surface area contributed by atoms with E-state index in [0.717, 1.165) is 30.2 Å². The standard InChI is InChI=1S/C19H29NO3S/c1-3-4-12-24-13-11-20-16(7-10-19(20)22)6-8-17(21)14-18-9-5-15(2)23-18/h5-6,8-9,16-17,21H,3-4,7,10-14H2,1-2H3/b8-6+/t16-,17+/m0/s1. The van der Waals surface area contributed by atoms with Crippen LogP contribution in [-0.4, -0.2) is 46.1 Å². The molecule has 1 saturated heterocycles.